The van der Waals surface area contributed by atoms with Gasteiger partial charge in [-0.1, -0.05) is 6.07 Å². The van der Waals surface area contributed by atoms with E-state index in [2.05, 4.69) is 10.5 Å². The van der Waals surface area contributed by atoms with Gasteiger partial charge in [-0.2, -0.15) is 13.2 Å². The van der Waals surface area contributed by atoms with Gasteiger partial charge in [-0.3, -0.25) is 0 Å². The van der Waals surface area contributed by atoms with Crippen molar-refractivity contribution in [3.05, 3.63) is 28.7 Å². The number of rotatable bonds is 2. The maximum Gasteiger partial charge on any atom is 0.418 e. The van der Waals surface area contributed by atoms with E-state index in [1.54, 1.807) is 0 Å². The summed E-state index contributed by atoms with van der Waals surface area (Å²) >= 11 is 0. The maximum absolute atomic E-state index is 12.3. The molecule has 0 aliphatic carbocycles. The number of nitrogens with one attached hydrogen (secondary N) is 1. The first-order chi connectivity index (χ1) is 6.50. The summed E-state index contributed by atoms with van der Waals surface area (Å²) in [5, 5.41) is 4.84. The number of alkyl halides is 3. The molecule has 0 aromatic heterocycles. The Morgan fingerprint density at radius 2 is 2.00 bits per heavy atom. The smallest absolute Gasteiger partial charge is 0.386 e. The number of anilines is 1. The van der Waals surface area contributed by atoms with Gasteiger partial charge in [0.1, 0.15) is 5.69 Å². The van der Waals surface area contributed by atoms with Crippen LogP contribution < -0.4 is 5.32 Å². The van der Waals surface area contributed by atoms with Crippen molar-refractivity contribution in [2.45, 2.75) is 6.18 Å². The van der Waals surface area contributed by atoms with E-state index in [0.717, 1.165) is 6.07 Å². The molecule has 0 unspecified atom stereocenters. The zero-order valence-corrected chi connectivity index (χ0v) is 7.22. The third-order valence-corrected chi connectivity index (χ3v) is 1.70. The first-order valence-electron chi connectivity index (χ1n) is 3.72. The Balaban J connectivity index is 3.37. The fourth-order valence-corrected chi connectivity index (χ4v) is 1.07. The van der Waals surface area contributed by atoms with Crippen LogP contribution in [0.3, 0.4) is 0 Å². The molecule has 0 heterocycles. The lowest BCUT2D eigenvalue weighted by Gasteiger charge is -2.10. The highest BCUT2D eigenvalue weighted by Gasteiger charge is 2.34. The summed E-state index contributed by atoms with van der Waals surface area (Å²) in [6, 6.07) is 3.38. The lowest BCUT2D eigenvalue weighted by atomic mass is 10.1. The van der Waals surface area contributed by atoms with Gasteiger partial charge in [-0.15, -0.1) is 4.91 Å². The van der Waals surface area contributed by atoms with Crippen LogP contribution in [0.5, 0.6) is 0 Å². The molecule has 3 nitrogen and oxygen atoms in total. The van der Waals surface area contributed by atoms with E-state index in [9.17, 15) is 18.1 Å². The molecule has 0 saturated heterocycles. The SMILES string of the molecule is CNc1cccc(C(F)(F)F)c1N=O. The number of benzene rings is 1. The molecule has 0 spiro atoms. The van der Waals surface area contributed by atoms with Gasteiger partial charge in [0.05, 0.1) is 11.3 Å². The monoisotopic (exact) mass is 204 g/mol. The lowest BCUT2D eigenvalue weighted by Crippen LogP contribution is -2.06. The standard InChI is InChI=1S/C8H7F3N2O/c1-12-6-4-2-3-5(7(6)13-14)8(9,10)11/h2-4,12H,1H3. The molecule has 0 atom stereocenters. The Labute approximate surface area is 77.9 Å². The second-order valence-electron chi connectivity index (χ2n) is 2.54. The molecule has 0 saturated carbocycles. The fourth-order valence-electron chi connectivity index (χ4n) is 1.07. The fraction of sp³-hybridized carbons (Fsp3) is 0.250. The highest BCUT2D eigenvalue weighted by Crippen LogP contribution is 2.40. The average molecular weight is 204 g/mol. The molecule has 1 aromatic carbocycles. The minimum absolute atomic E-state index is 0.0647. The van der Waals surface area contributed by atoms with Crippen LogP contribution in [0, 0.1) is 4.91 Å². The first kappa shape index (κ1) is 10.5. The Bertz CT molecular complexity index is 349. The predicted octanol–water partition coefficient (Wildman–Crippen LogP) is 3.15. The van der Waals surface area contributed by atoms with Gasteiger partial charge in [-0.05, 0) is 17.3 Å². The van der Waals surface area contributed by atoms with Crippen molar-refractivity contribution in [1.82, 2.24) is 0 Å². The van der Waals surface area contributed by atoms with Crippen LogP contribution in [0.25, 0.3) is 0 Å². The quantitative estimate of drug-likeness (QED) is 0.752. The Morgan fingerprint density at radius 1 is 1.36 bits per heavy atom. The Morgan fingerprint density at radius 3 is 2.43 bits per heavy atom. The van der Waals surface area contributed by atoms with Crippen LogP contribution in [0.4, 0.5) is 24.5 Å². The molecular weight excluding hydrogens is 197 g/mol. The lowest BCUT2D eigenvalue weighted by molar-refractivity contribution is -0.137. The van der Waals surface area contributed by atoms with Crippen molar-refractivity contribution in [2.75, 3.05) is 12.4 Å². The van der Waals surface area contributed by atoms with E-state index < -0.39 is 17.4 Å². The van der Waals surface area contributed by atoms with Crippen LogP contribution in [0.2, 0.25) is 0 Å². The molecule has 76 valence electrons. The van der Waals surface area contributed by atoms with Crippen LogP contribution in [-0.4, -0.2) is 7.05 Å². The number of nitrogens with zero attached hydrogens (tertiary/aromatic N) is 1. The first-order valence-corrected chi connectivity index (χ1v) is 3.72. The van der Waals surface area contributed by atoms with Gasteiger partial charge < -0.3 is 5.32 Å². The van der Waals surface area contributed by atoms with Gasteiger partial charge in [0.15, 0.2) is 0 Å². The molecule has 1 aromatic rings. The third kappa shape index (κ3) is 1.84. The molecule has 0 amide bonds. The van der Waals surface area contributed by atoms with Gasteiger partial charge in [-0.25, -0.2) is 0 Å². The Kier molecular flexibility index (Phi) is 2.73. The highest BCUT2D eigenvalue weighted by atomic mass is 19.4. The molecule has 14 heavy (non-hydrogen) atoms. The van der Waals surface area contributed by atoms with Crippen molar-refractivity contribution in [2.24, 2.45) is 5.18 Å². The van der Waals surface area contributed by atoms with Gasteiger partial charge in [0.25, 0.3) is 0 Å². The average Bonchev–Trinajstić information content (AvgIpc) is 2.15. The molecule has 0 radical (unpaired) electrons. The van der Waals surface area contributed by atoms with Crippen LogP contribution in [0.15, 0.2) is 23.4 Å². The summed E-state index contributed by atoms with van der Waals surface area (Å²) < 4.78 is 37.0. The molecule has 0 bridgehead atoms. The highest BCUT2D eigenvalue weighted by molar-refractivity contribution is 5.69. The third-order valence-electron chi connectivity index (χ3n) is 1.70. The summed E-state index contributed by atoms with van der Waals surface area (Å²) in [5.41, 5.74) is -1.57. The summed E-state index contributed by atoms with van der Waals surface area (Å²) in [5.74, 6) is 0. The summed E-state index contributed by atoms with van der Waals surface area (Å²) in [7, 11) is 1.42. The van der Waals surface area contributed by atoms with Crippen molar-refractivity contribution < 1.29 is 13.2 Å². The molecule has 0 aliphatic rings. The zero-order valence-electron chi connectivity index (χ0n) is 7.22. The second kappa shape index (κ2) is 3.65. The second-order valence-corrected chi connectivity index (χ2v) is 2.54. The van der Waals surface area contributed by atoms with Gasteiger partial charge in [0, 0.05) is 7.05 Å². The van der Waals surface area contributed by atoms with Crippen molar-refractivity contribution in [3.8, 4) is 0 Å². The topological polar surface area (TPSA) is 41.5 Å². The number of nitroso groups, excluding NO2 is 1. The molecule has 6 heteroatoms. The van der Waals surface area contributed by atoms with E-state index in [0.29, 0.717) is 0 Å². The number of hydrogen-bond acceptors (Lipinski definition) is 3. The molecule has 1 rings (SSSR count). The van der Waals surface area contributed by atoms with Crippen molar-refractivity contribution in [3.63, 3.8) is 0 Å². The maximum atomic E-state index is 12.3. The van der Waals surface area contributed by atoms with Crippen molar-refractivity contribution in [1.29, 1.82) is 0 Å². The molecular formula is C8H7F3N2O. The van der Waals surface area contributed by atoms with E-state index in [4.69, 9.17) is 0 Å². The summed E-state index contributed by atoms with van der Waals surface area (Å²) in [6.45, 7) is 0. The Hall–Kier alpha value is -1.59. The summed E-state index contributed by atoms with van der Waals surface area (Å²) in [4.78, 5) is 10.3. The number of halogens is 3. The minimum atomic E-state index is -4.56. The molecule has 0 fully saturated rings. The predicted molar refractivity (Wildman–Crippen MR) is 46.4 cm³/mol. The van der Waals surface area contributed by atoms with E-state index in [-0.39, 0.29) is 5.69 Å². The van der Waals surface area contributed by atoms with E-state index in [1.165, 1.54) is 19.2 Å². The van der Waals surface area contributed by atoms with Crippen LogP contribution in [-0.2, 0) is 6.18 Å². The minimum Gasteiger partial charge on any atom is -0.386 e. The number of hydrogen-bond donors (Lipinski definition) is 1. The van der Waals surface area contributed by atoms with Crippen molar-refractivity contribution >= 4 is 11.4 Å². The zero-order chi connectivity index (χ0) is 10.8. The molecule has 0 aliphatic heterocycles. The summed E-state index contributed by atoms with van der Waals surface area (Å²) in [6.07, 6.45) is -4.56. The van der Waals surface area contributed by atoms with Gasteiger partial charge >= 0.3 is 6.18 Å². The largest absolute Gasteiger partial charge is 0.418 e. The van der Waals surface area contributed by atoms with Crippen LogP contribution in [0.1, 0.15) is 5.56 Å². The molecule has 1 N–H and O–H groups in total. The van der Waals surface area contributed by atoms with E-state index in [1.807, 2.05) is 0 Å². The van der Waals surface area contributed by atoms with Gasteiger partial charge in [0.2, 0.25) is 0 Å². The van der Waals surface area contributed by atoms with E-state index >= 15 is 0 Å². The normalized spacial score (nSPS) is 11.1. The van der Waals surface area contributed by atoms with Crippen LogP contribution >= 0.6 is 0 Å².